The van der Waals surface area contributed by atoms with Crippen molar-refractivity contribution in [2.75, 3.05) is 13.7 Å². The van der Waals surface area contributed by atoms with Gasteiger partial charge in [-0.2, -0.15) is 0 Å². The number of methoxy groups -OCH3 is 1. The Bertz CT molecular complexity index is 276. The zero-order chi connectivity index (χ0) is 10.4. The number of para-hydroxylation sites is 1. The second kappa shape index (κ2) is 5.62. The second-order valence-corrected chi connectivity index (χ2v) is 3.37. The topological polar surface area (TPSA) is 41.5 Å². The average Bonchev–Trinajstić information content (AvgIpc) is 2.17. The van der Waals surface area contributed by atoms with Gasteiger partial charge < -0.3 is 15.2 Å². The van der Waals surface area contributed by atoms with Crippen LogP contribution in [-0.2, 0) is 11.3 Å². The van der Waals surface area contributed by atoms with Crippen LogP contribution in [0.25, 0.3) is 0 Å². The SMILES string of the molecule is COCC(C)NCc1ccccc1O. The lowest BCUT2D eigenvalue weighted by molar-refractivity contribution is 0.171. The molecule has 0 saturated carbocycles. The van der Waals surface area contributed by atoms with Gasteiger partial charge >= 0.3 is 0 Å². The molecule has 1 unspecified atom stereocenters. The average molecular weight is 195 g/mol. The minimum atomic E-state index is 0.291. The van der Waals surface area contributed by atoms with Gasteiger partial charge in [-0.05, 0) is 13.0 Å². The third-order valence-corrected chi connectivity index (χ3v) is 2.05. The first-order valence-corrected chi connectivity index (χ1v) is 4.73. The van der Waals surface area contributed by atoms with Gasteiger partial charge in [-0.15, -0.1) is 0 Å². The lowest BCUT2D eigenvalue weighted by Crippen LogP contribution is -2.29. The van der Waals surface area contributed by atoms with Gasteiger partial charge in [0.1, 0.15) is 5.75 Å². The summed E-state index contributed by atoms with van der Waals surface area (Å²) >= 11 is 0. The maximum atomic E-state index is 9.48. The van der Waals surface area contributed by atoms with Crippen molar-refractivity contribution in [2.24, 2.45) is 0 Å². The van der Waals surface area contributed by atoms with Crippen LogP contribution >= 0.6 is 0 Å². The molecule has 2 N–H and O–H groups in total. The number of benzene rings is 1. The molecule has 0 amide bonds. The minimum Gasteiger partial charge on any atom is -0.508 e. The first-order valence-electron chi connectivity index (χ1n) is 4.73. The van der Waals surface area contributed by atoms with Gasteiger partial charge in [-0.3, -0.25) is 0 Å². The van der Waals surface area contributed by atoms with Gasteiger partial charge in [0.05, 0.1) is 6.61 Å². The van der Waals surface area contributed by atoms with Crippen LogP contribution in [0.1, 0.15) is 12.5 Å². The predicted octanol–water partition coefficient (Wildman–Crippen LogP) is 1.52. The summed E-state index contributed by atoms with van der Waals surface area (Å²) in [5.41, 5.74) is 0.912. The molecule has 1 rings (SSSR count). The summed E-state index contributed by atoms with van der Waals surface area (Å²) in [7, 11) is 1.68. The van der Waals surface area contributed by atoms with E-state index in [1.165, 1.54) is 0 Å². The number of hydrogen-bond acceptors (Lipinski definition) is 3. The van der Waals surface area contributed by atoms with E-state index in [0.29, 0.717) is 24.9 Å². The standard InChI is InChI=1S/C11H17NO2/c1-9(8-14-2)12-7-10-5-3-4-6-11(10)13/h3-6,9,12-13H,7-8H2,1-2H3. The van der Waals surface area contributed by atoms with Crippen LogP contribution in [0.2, 0.25) is 0 Å². The van der Waals surface area contributed by atoms with Gasteiger partial charge in [-0.1, -0.05) is 18.2 Å². The Morgan fingerprint density at radius 1 is 1.43 bits per heavy atom. The van der Waals surface area contributed by atoms with E-state index in [0.717, 1.165) is 5.56 Å². The Morgan fingerprint density at radius 2 is 2.14 bits per heavy atom. The Kier molecular flexibility index (Phi) is 4.43. The van der Waals surface area contributed by atoms with E-state index in [2.05, 4.69) is 5.32 Å². The predicted molar refractivity (Wildman–Crippen MR) is 56.3 cm³/mol. The van der Waals surface area contributed by atoms with Crippen LogP contribution in [0.3, 0.4) is 0 Å². The fourth-order valence-corrected chi connectivity index (χ4v) is 1.25. The van der Waals surface area contributed by atoms with E-state index in [4.69, 9.17) is 4.74 Å². The molecular formula is C11H17NO2. The van der Waals surface area contributed by atoms with Crippen molar-refractivity contribution >= 4 is 0 Å². The molecule has 3 nitrogen and oxygen atoms in total. The van der Waals surface area contributed by atoms with Gasteiger partial charge in [0.2, 0.25) is 0 Å². The van der Waals surface area contributed by atoms with Gasteiger partial charge in [-0.25, -0.2) is 0 Å². The third-order valence-electron chi connectivity index (χ3n) is 2.05. The first kappa shape index (κ1) is 11.0. The third kappa shape index (κ3) is 3.36. The summed E-state index contributed by atoms with van der Waals surface area (Å²) in [6.45, 7) is 3.38. The number of phenols is 1. The van der Waals surface area contributed by atoms with Gasteiger partial charge in [0, 0.05) is 25.3 Å². The van der Waals surface area contributed by atoms with Crippen LogP contribution in [0, 0.1) is 0 Å². The molecule has 14 heavy (non-hydrogen) atoms. The molecule has 0 fully saturated rings. The molecule has 0 aliphatic heterocycles. The molecule has 1 atom stereocenters. The van der Waals surface area contributed by atoms with Crippen LogP contribution in [0.5, 0.6) is 5.75 Å². The van der Waals surface area contributed by atoms with Crippen LogP contribution in [0.15, 0.2) is 24.3 Å². The van der Waals surface area contributed by atoms with Crippen molar-refractivity contribution in [3.05, 3.63) is 29.8 Å². The highest BCUT2D eigenvalue weighted by molar-refractivity contribution is 5.31. The van der Waals surface area contributed by atoms with Gasteiger partial charge in [0.15, 0.2) is 0 Å². The number of aromatic hydroxyl groups is 1. The molecule has 0 aromatic heterocycles. The Morgan fingerprint density at radius 3 is 2.79 bits per heavy atom. The van der Waals surface area contributed by atoms with E-state index in [1.807, 2.05) is 25.1 Å². The molecule has 1 aromatic rings. The fraction of sp³-hybridized carbons (Fsp3) is 0.455. The minimum absolute atomic E-state index is 0.291. The van der Waals surface area contributed by atoms with E-state index >= 15 is 0 Å². The van der Waals surface area contributed by atoms with Crippen molar-refractivity contribution in [3.8, 4) is 5.75 Å². The normalized spacial score (nSPS) is 12.7. The first-order chi connectivity index (χ1) is 6.74. The second-order valence-electron chi connectivity index (χ2n) is 3.37. The summed E-state index contributed by atoms with van der Waals surface area (Å²) in [4.78, 5) is 0. The van der Waals surface area contributed by atoms with E-state index in [9.17, 15) is 5.11 Å². The molecule has 0 saturated heterocycles. The molecule has 0 spiro atoms. The smallest absolute Gasteiger partial charge is 0.120 e. The Hall–Kier alpha value is -1.06. The molecule has 0 heterocycles. The van der Waals surface area contributed by atoms with E-state index in [-0.39, 0.29) is 0 Å². The van der Waals surface area contributed by atoms with Crippen molar-refractivity contribution in [1.29, 1.82) is 0 Å². The Labute approximate surface area is 84.7 Å². The summed E-state index contributed by atoms with van der Waals surface area (Å²) in [5.74, 6) is 0.338. The monoisotopic (exact) mass is 195 g/mol. The number of phenolic OH excluding ortho intramolecular Hbond substituents is 1. The molecule has 78 valence electrons. The van der Waals surface area contributed by atoms with E-state index < -0.39 is 0 Å². The van der Waals surface area contributed by atoms with Gasteiger partial charge in [0.25, 0.3) is 0 Å². The fourth-order valence-electron chi connectivity index (χ4n) is 1.25. The highest BCUT2D eigenvalue weighted by Crippen LogP contribution is 2.14. The molecule has 0 radical (unpaired) electrons. The van der Waals surface area contributed by atoms with Crippen molar-refractivity contribution < 1.29 is 9.84 Å². The molecular weight excluding hydrogens is 178 g/mol. The van der Waals surface area contributed by atoms with Crippen LogP contribution < -0.4 is 5.32 Å². The number of nitrogens with one attached hydrogen (secondary N) is 1. The zero-order valence-electron chi connectivity index (χ0n) is 8.66. The maximum absolute atomic E-state index is 9.48. The zero-order valence-corrected chi connectivity index (χ0v) is 8.66. The summed E-state index contributed by atoms with van der Waals surface area (Å²) in [6, 6.07) is 7.62. The highest BCUT2D eigenvalue weighted by Gasteiger charge is 2.02. The molecule has 1 aromatic carbocycles. The number of rotatable bonds is 5. The molecule has 0 aliphatic carbocycles. The largest absolute Gasteiger partial charge is 0.508 e. The van der Waals surface area contributed by atoms with Crippen LogP contribution in [0.4, 0.5) is 0 Å². The number of hydrogen-bond donors (Lipinski definition) is 2. The summed E-state index contributed by atoms with van der Waals surface area (Å²) in [5, 5.41) is 12.7. The van der Waals surface area contributed by atoms with Crippen molar-refractivity contribution in [3.63, 3.8) is 0 Å². The van der Waals surface area contributed by atoms with Crippen molar-refractivity contribution in [1.82, 2.24) is 5.32 Å². The maximum Gasteiger partial charge on any atom is 0.120 e. The highest BCUT2D eigenvalue weighted by atomic mass is 16.5. The van der Waals surface area contributed by atoms with Crippen LogP contribution in [-0.4, -0.2) is 24.9 Å². The quantitative estimate of drug-likeness (QED) is 0.748. The lowest BCUT2D eigenvalue weighted by Gasteiger charge is -2.13. The molecule has 0 bridgehead atoms. The summed E-state index contributed by atoms with van der Waals surface area (Å²) < 4.78 is 5.00. The molecule has 3 heteroatoms. The molecule has 0 aliphatic rings. The van der Waals surface area contributed by atoms with Crippen molar-refractivity contribution in [2.45, 2.75) is 19.5 Å². The lowest BCUT2D eigenvalue weighted by atomic mass is 10.2. The van der Waals surface area contributed by atoms with E-state index in [1.54, 1.807) is 13.2 Å². The number of ether oxygens (including phenoxy) is 1. The summed E-state index contributed by atoms with van der Waals surface area (Å²) in [6.07, 6.45) is 0. The Balaban J connectivity index is 2.41.